The van der Waals surface area contributed by atoms with Crippen molar-refractivity contribution in [3.05, 3.63) is 64.8 Å². The number of nitrogens with zero attached hydrogens (tertiary/aromatic N) is 2. The summed E-state index contributed by atoms with van der Waals surface area (Å²) >= 11 is 3.06. The molecule has 3 rings (SSSR count). The first kappa shape index (κ1) is 19.2. The van der Waals surface area contributed by atoms with Gasteiger partial charge in [-0.2, -0.15) is 5.10 Å². The van der Waals surface area contributed by atoms with E-state index in [0.717, 1.165) is 0 Å². The van der Waals surface area contributed by atoms with E-state index in [1.165, 1.54) is 23.0 Å². The zero-order valence-electron chi connectivity index (χ0n) is 14.2. The Labute approximate surface area is 166 Å². The molecule has 2 aromatic heterocycles. The molecule has 0 saturated carbocycles. The van der Waals surface area contributed by atoms with E-state index >= 15 is 0 Å². The second-order valence-electron chi connectivity index (χ2n) is 5.43. The number of para-hydroxylation sites is 1. The summed E-state index contributed by atoms with van der Waals surface area (Å²) in [7, 11) is 0. The van der Waals surface area contributed by atoms with E-state index in [2.05, 4.69) is 37.2 Å². The fourth-order valence-electron chi connectivity index (χ4n) is 2.15. The number of aromatic nitrogens is 2. The van der Waals surface area contributed by atoms with Crippen LogP contribution in [-0.4, -0.2) is 39.2 Å². The lowest BCUT2D eigenvalue weighted by Crippen LogP contribution is -2.46. The second-order valence-corrected chi connectivity index (χ2v) is 6.21. The van der Waals surface area contributed by atoms with E-state index in [1.807, 2.05) is 6.07 Å². The molecule has 0 aliphatic carbocycles. The van der Waals surface area contributed by atoms with Crippen LogP contribution < -0.4 is 16.2 Å². The first-order chi connectivity index (χ1) is 13.4. The molecule has 28 heavy (non-hydrogen) atoms. The van der Waals surface area contributed by atoms with Crippen LogP contribution in [0, 0.1) is 0 Å². The summed E-state index contributed by atoms with van der Waals surface area (Å²) in [5.74, 6) is -2.42. The standard InChI is InChI=1S/C17H14BrN5O5/c18-13-7-6-12(28-13)16(26)19-8-14(25)20-21-17(27)15-11(24)9-23(22-15)10-4-2-1-3-5-10/h1-7,9,24H,8H2,(H,19,26)(H,20,25)(H,21,27). The molecule has 0 unspecified atom stereocenters. The van der Waals surface area contributed by atoms with Crippen molar-refractivity contribution in [2.24, 2.45) is 0 Å². The number of hydrogen-bond acceptors (Lipinski definition) is 6. The predicted octanol–water partition coefficient (Wildman–Crippen LogP) is 1.12. The summed E-state index contributed by atoms with van der Waals surface area (Å²) in [6, 6.07) is 11.8. The molecule has 144 valence electrons. The van der Waals surface area contributed by atoms with E-state index in [9.17, 15) is 19.5 Å². The Balaban J connectivity index is 1.52. The fourth-order valence-corrected chi connectivity index (χ4v) is 2.46. The molecule has 0 atom stereocenters. The SMILES string of the molecule is O=C(CNC(=O)c1ccc(Br)o1)NNC(=O)c1nn(-c2ccccc2)cc1O. The van der Waals surface area contributed by atoms with Gasteiger partial charge in [0.25, 0.3) is 17.7 Å². The number of amides is 3. The number of rotatable bonds is 5. The van der Waals surface area contributed by atoms with Crippen molar-refractivity contribution in [2.75, 3.05) is 6.54 Å². The Hall–Kier alpha value is -3.60. The maximum atomic E-state index is 12.1. The summed E-state index contributed by atoms with van der Waals surface area (Å²) < 4.78 is 6.76. The highest BCUT2D eigenvalue weighted by Gasteiger charge is 2.18. The monoisotopic (exact) mass is 447 g/mol. The maximum Gasteiger partial charge on any atom is 0.294 e. The minimum Gasteiger partial charge on any atom is -0.504 e. The van der Waals surface area contributed by atoms with Crippen molar-refractivity contribution in [1.29, 1.82) is 0 Å². The summed E-state index contributed by atoms with van der Waals surface area (Å²) in [6.45, 7) is -0.401. The van der Waals surface area contributed by atoms with Gasteiger partial charge in [0.1, 0.15) is 0 Å². The quantitative estimate of drug-likeness (QED) is 0.432. The Kier molecular flexibility index (Phi) is 5.75. The highest BCUT2D eigenvalue weighted by Crippen LogP contribution is 2.17. The lowest BCUT2D eigenvalue weighted by atomic mass is 10.3. The molecular weight excluding hydrogens is 434 g/mol. The zero-order valence-corrected chi connectivity index (χ0v) is 15.8. The third-order valence-corrected chi connectivity index (χ3v) is 3.88. The van der Waals surface area contributed by atoms with Crippen molar-refractivity contribution in [3.63, 3.8) is 0 Å². The summed E-state index contributed by atoms with van der Waals surface area (Å²) in [6.07, 6.45) is 1.27. The topological polar surface area (TPSA) is 138 Å². The van der Waals surface area contributed by atoms with Gasteiger partial charge in [-0.1, -0.05) is 18.2 Å². The number of aromatic hydroxyl groups is 1. The van der Waals surface area contributed by atoms with Crippen molar-refractivity contribution < 1.29 is 23.9 Å². The average molecular weight is 448 g/mol. The van der Waals surface area contributed by atoms with Crippen molar-refractivity contribution in [3.8, 4) is 11.4 Å². The first-order valence-corrected chi connectivity index (χ1v) is 8.70. The number of benzene rings is 1. The van der Waals surface area contributed by atoms with Gasteiger partial charge in [-0.05, 0) is 40.2 Å². The molecule has 10 nitrogen and oxygen atoms in total. The van der Waals surface area contributed by atoms with Crippen LogP contribution in [0.2, 0.25) is 0 Å². The normalized spacial score (nSPS) is 10.3. The minimum atomic E-state index is -0.818. The van der Waals surface area contributed by atoms with Crippen LogP contribution in [0.4, 0.5) is 0 Å². The Morgan fingerprint density at radius 1 is 1.07 bits per heavy atom. The minimum absolute atomic E-state index is 0.0279. The zero-order chi connectivity index (χ0) is 20.1. The fraction of sp³-hybridized carbons (Fsp3) is 0.0588. The lowest BCUT2D eigenvalue weighted by molar-refractivity contribution is -0.120. The molecule has 0 fully saturated rings. The van der Waals surface area contributed by atoms with Crippen LogP contribution >= 0.6 is 15.9 Å². The summed E-state index contributed by atoms with van der Waals surface area (Å²) in [5.41, 5.74) is 4.61. The van der Waals surface area contributed by atoms with E-state index in [0.29, 0.717) is 10.4 Å². The lowest BCUT2D eigenvalue weighted by Gasteiger charge is -2.07. The summed E-state index contributed by atoms with van der Waals surface area (Å²) in [4.78, 5) is 35.6. The molecule has 3 aromatic rings. The Morgan fingerprint density at radius 2 is 1.82 bits per heavy atom. The van der Waals surface area contributed by atoms with Crippen LogP contribution in [0.15, 0.2) is 57.7 Å². The Morgan fingerprint density at radius 3 is 2.50 bits per heavy atom. The van der Waals surface area contributed by atoms with Gasteiger partial charge in [0, 0.05) is 0 Å². The third-order valence-electron chi connectivity index (χ3n) is 3.45. The molecule has 11 heteroatoms. The van der Waals surface area contributed by atoms with E-state index < -0.39 is 24.3 Å². The molecular formula is C17H14BrN5O5. The van der Waals surface area contributed by atoms with Gasteiger partial charge < -0.3 is 14.8 Å². The second kappa shape index (κ2) is 8.39. The molecule has 0 aliphatic heterocycles. The van der Waals surface area contributed by atoms with Gasteiger partial charge in [0.2, 0.25) is 0 Å². The van der Waals surface area contributed by atoms with Crippen LogP contribution in [0.1, 0.15) is 21.0 Å². The molecule has 0 saturated heterocycles. The van der Waals surface area contributed by atoms with Gasteiger partial charge in [-0.25, -0.2) is 4.68 Å². The largest absolute Gasteiger partial charge is 0.504 e. The number of carbonyl (C=O) groups is 3. The molecule has 1 aromatic carbocycles. The number of halogens is 1. The third kappa shape index (κ3) is 4.57. The highest BCUT2D eigenvalue weighted by atomic mass is 79.9. The van der Waals surface area contributed by atoms with Crippen LogP contribution in [-0.2, 0) is 4.79 Å². The van der Waals surface area contributed by atoms with Crippen molar-refractivity contribution >= 4 is 33.7 Å². The van der Waals surface area contributed by atoms with Gasteiger partial charge in [-0.3, -0.25) is 25.2 Å². The van der Waals surface area contributed by atoms with Crippen LogP contribution in [0.3, 0.4) is 0 Å². The molecule has 3 amide bonds. The van der Waals surface area contributed by atoms with E-state index in [1.54, 1.807) is 24.3 Å². The number of hydrazine groups is 1. The Bertz CT molecular complexity index is 1010. The number of hydrogen-bond donors (Lipinski definition) is 4. The van der Waals surface area contributed by atoms with E-state index in [4.69, 9.17) is 4.42 Å². The number of furan rings is 1. The van der Waals surface area contributed by atoms with Crippen LogP contribution in [0.25, 0.3) is 5.69 Å². The molecule has 2 heterocycles. The number of carbonyl (C=O) groups excluding carboxylic acids is 3. The predicted molar refractivity (Wildman–Crippen MR) is 99.6 cm³/mol. The molecule has 4 N–H and O–H groups in total. The van der Waals surface area contributed by atoms with Gasteiger partial charge in [0.15, 0.2) is 21.9 Å². The van der Waals surface area contributed by atoms with E-state index in [-0.39, 0.29) is 17.2 Å². The highest BCUT2D eigenvalue weighted by molar-refractivity contribution is 9.10. The van der Waals surface area contributed by atoms with Gasteiger partial charge >= 0.3 is 0 Å². The molecule has 0 bridgehead atoms. The van der Waals surface area contributed by atoms with Crippen molar-refractivity contribution in [1.82, 2.24) is 25.9 Å². The maximum absolute atomic E-state index is 12.1. The first-order valence-electron chi connectivity index (χ1n) is 7.91. The average Bonchev–Trinajstić information content (AvgIpc) is 3.30. The van der Waals surface area contributed by atoms with Gasteiger partial charge in [-0.15, -0.1) is 0 Å². The van der Waals surface area contributed by atoms with Crippen LogP contribution in [0.5, 0.6) is 5.75 Å². The molecule has 0 aliphatic rings. The van der Waals surface area contributed by atoms with Crippen molar-refractivity contribution in [2.45, 2.75) is 0 Å². The molecule has 0 spiro atoms. The summed E-state index contributed by atoms with van der Waals surface area (Å²) in [5, 5.41) is 16.2. The smallest absolute Gasteiger partial charge is 0.294 e. The number of nitrogens with one attached hydrogen (secondary N) is 3. The molecule has 0 radical (unpaired) electrons. The van der Waals surface area contributed by atoms with Gasteiger partial charge in [0.05, 0.1) is 18.4 Å².